The SMILES string of the molecule is CC(C)(C)C(=O)N1CCCN(c2cc3nc[nH]c(=O)c3cc2[N+](=O)[O-])CC1. The number of aromatic amines is 1. The topological polar surface area (TPSA) is 112 Å². The molecule has 2 heterocycles. The molecular weight excluding hydrogens is 350 g/mol. The van der Waals surface area contributed by atoms with Crippen molar-refractivity contribution in [3.63, 3.8) is 0 Å². The number of hydrogen-bond acceptors (Lipinski definition) is 6. The number of benzene rings is 1. The zero-order chi connectivity index (χ0) is 19.8. The van der Waals surface area contributed by atoms with Crippen molar-refractivity contribution >= 4 is 28.2 Å². The van der Waals surface area contributed by atoms with Gasteiger partial charge in [0.15, 0.2) is 0 Å². The molecule has 0 bridgehead atoms. The summed E-state index contributed by atoms with van der Waals surface area (Å²) in [7, 11) is 0. The lowest BCUT2D eigenvalue weighted by Gasteiger charge is -2.28. The molecule has 0 atom stereocenters. The fraction of sp³-hybridized carbons (Fsp3) is 0.500. The minimum Gasteiger partial charge on any atom is -0.364 e. The number of anilines is 1. The molecular formula is C18H23N5O4. The largest absolute Gasteiger partial charge is 0.364 e. The standard InChI is InChI=1S/C18H23N5O4/c1-18(2,3)17(25)22-6-4-5-21(7-8-22)14-10-13-12(9-15(14)23(26)27)16(24)20-11-19-13/h9-11H,4-8H2,1-3H3,(H,19,20,24). The second-order valence-electron chi connectivity index (χ2n) is 7.73. The maximum atomic E-state index is 12.6. The Hall–Kier alpha value is -2.97. The maximum Gasteiger partial charge on any atom is 0.293 e. The molecule has 0 unspecified atom stereocenters. The molecule has 9 heteroatoms. The van der Waals surface area contributed by atoms with Crippen molar-refractivity contribution in [2.24, 2.45) is 5.41 Å². The van der Waals surface area contributed by atoms with Crippen LogP contribution >= 0.6 is 0 Å². The van der Waals surface area contributed by atoms with Crippen molar-refractivity contribution in [2.75, 3.05) is 31.1 Å². The molecule has 0 saturated carbocycles. The van der Waals surface area contributed by atoms with Crippen LogP contribution < -0.4 is 10.5 Å². The monoisotopic (exact) mass is 373 g/mol. The van der Waals surface area contributed by atoms with Gasteiger partial charge < -0.3 is 14.8 Å². The van der Waals surface area contributed by atoms with Gasteiger partial charge in [-0.3, -0.25) is 19.7 Å². The van der Waals surface area contributed by atoms with Gasteiger partial charge in [0, 0.05) is 37.7 Å². The molecule has 144 valence electrons. The highest BCUT2D eigenvalue weighted by Crippen LogP contribution is 2.32. The summed E-state index contributed by atoms with van der Waals surface area (Å²) in [5.74, 6) is 0.0746. The van der Waals surface area contributed by atoms with E-state index < -0.39 is 15.9 Å². The van der Waals surface area contributed by atoms with Crippen LogP contribution in [0.1, 0.15) is 27.2 Å². The Morgan fingerprint density at radius 1 is 1.22 bits per heavy atom. The number of amides is 1. The fourth-order valence-electron chi connectivity index (χ4n) is 3.33. The summed E-state index contributed by atoms with van der Waals surface area (Å²) in [5, 5.41) is 11.8. The van der Waals surface area contributed by atoms with E-state index in [1.165, 1.54) is 12.4 Å². The molecule has 1 fully saturated rings. The van der Waals surface area contributed by atoms with Crippen molar-refractivity contribution < 1.29 is 9.72 Å². The van der Waals surface area contributed by atoms with Gasteiger partial charge in [0.25, 0.3) is 11.2 Å². The molecule has 0 radical (unpaired) electrons. The second-order valence-corrected chi connectivity index (χ2v) is 7.73. The Balaban J connectivity index is 1.95. The van der Waals surface area contributed by atoms with Gasteiger partial charge in [-0.2, -0.15) is 0 Å². The second kappa shape index (κ2) is 6.98. The summed E-state index contributed by atoms with van der Waals surface area (Å²) in [6.45, 7) is 7.83. The molecule has 1 aliphatic heterocycles. The van der Waals surface area contributed by atoms with E-state index in [4.69, 9.17) is 0 Å². The number of nitrogens with one attached hydrogen (secondary N) is 1. The van der Waals surface area contributed by atoms with E-state index >= 15 is 0 Å². The number of nitrogens with zero attached hydrogens (tertiary/aromatic N) is 4. The van der Waals surface area contributed by atoms with Crippen molar-refractivity contribution in [3.05, 3.63) is 38.9 Å². The molecule has 1 saturated heterocycles. The number of carbonyl (C=O) groups is 1. The molecule has 1 amide bonds. The van der Waals surface area contributed by atoms with Crippen LogP contribution in [0, 0.1) is 15.5 Å². The summed E-state index contributed by atoms with van der Waals surface area (Å²) < 4.78 is 0. The molecule has 9 nitrogen and oxygen atoms in total. The number of nitro groups is 1. The lowest BCUT2D eigenvalue weighted by molar-refractivity contribution is -0.384. The number of aromatic nitrogens is 2. The molecule has 27 heavy (non-hydrogen) atoms. The zero-order valence-corrected chi connectivity index (χ0v) is 15.7. The van der Waals surface area contributed by atoms with E-state index in [-0.39, 0.29) is 17.0 Å². The number of hydrogen-bond donors (Lipinski definition) is 1. The van der Waals surface area contributed by atoms with Gasteiger partial charge >= 0.3 is 0 Å². The third-order valence-corrected chi connectivity index (χ3v) is 4.70. The lowest BCUT2D eigenvalue weighted by atomic mass is 9.94. The number of nitro benzene ring substituents is 1. The predicted octanol–water partition coefficient (Wildman–Crippen LogP) is 1.92. The number of H-pyrrole nitrogens is 1. The number of carbonyl (C=O) groups excluding carboxylic acids is 1. The van der Waals surface area contributed by atoms with Crippen LogP contribution in [0.25, 0.3) is 10.9 Å². The summed E-state index contributed by atoms with van der Waals surface area (Å²) >= 11 is 0. The summed E-state index contributed by atoms with van der Waals surface area (Å²) in [6, 6.07) is 2.86. The normalized spacial score (nSPS) is 15.7. The van der Waals surface area contributed by atoms with Crippen LogP contribution in [0.4, 0.5) is 11.4 Å². The summed E-state index contributed by atoms with van der Waals surface area (Å²) in [4.78, 5) is 45.9. The minimum absolute atomic E-state index is 0.0746. The molecule has 1 aliphatic rings. The van der Waals surface area contributed by atoms with Crippen molar-refractivity contribution in [3.8, 4) is 0 Å². The molecule has 2 aromatic rings. The molecule has 1 aromatic heterocycles. The minimum atomic E-state index is -0.482. The van der Waals surface area contributed by atoms with Gasteiger partial charge in [0.1, 0.15) is 5.69 Å². The van der Waals surface area contributed by atoms with Crippen molar-refractivity contribution in [2.45, 2.75) is 27.2 Å². The first kappa shape index (κ1) is 18.8. The van der Waals surface area contributed by atoms with E-state index in [0.29, 0.717) is 43.8 Å². The van der Waals surface area contributed by atoms with Crippen LogP contribution in [-0.4, -0.2) is 51.9 Å². The van der Waals surface area contributed by atoms with Gasteiger partial charge in [0.05, 0.1) is 22.2 Å². The van der Waals surface area contributed by atoms with Gasteiger partial charge in [-0.15, -0.1) is 0 Å². The van der Waals surface area contributed by atoms with Crippen molar-refractivity contribution in [1.82, 2.24) is 14.9 Å². The highest BCUT2D eigenvalue weighted by Gasteiger charge is 2.30. The fourth-order valence-corrected chi connectivity index (χ4v) is 3.33. The smallest absolute Gasteiger partial charge is 0.293 e. The van der Waals surface area contributed by atoms with Crippen molar-refractivity contribution in [1.29, 1.82) is 0 Å². The van der Waals surface area contributed by atoms with Crippen LogP contribution in [0.2, 0.25) is 0 Å². The van der Waals surface area contributed by atoms with Gasteiger partial charge in [-0.05, 0) is 12.5 Å². The van der Waals surface area contributed by atoms with E-state index in [1.807, 2.05) is 30.6 Å². The quantitative estimate of drug-likeness (QED) is 0.636. The molecule has 1 N–H and O–H groups in total. The summed E-state index contributed by atoms with van der Waals surface area (Å²) in [5.41, 5.74) is -0.166. The van der Waals surface area contributed by atoms with Crippen LogP contribution in [0.15, 0.2) is 23.3 Å². The van der Waals surface area contributed by atoms with Crippen LogP contribution in [0.5, 0.6) is 0 Å². The van der Waals surface area contributed by atoms with Crippen LogP contribution in [0.3, 0.4) is 0 Å². The Labute approximate surface area is 156 Å². The first-order chi connectivity index (χ1) is 12.7. The van der Waals surface area contributed by atoms with E-state index in [1.54, 1.807) is 6.07 Å². The van der Waals surface area contributed by atoms with E-state index in [2.05, 4.69) is 9.97 Å². The first-order valence-electron chi connectivity index (χ1n) is 8.88. The highest BCUT2D eigenvalue weighted by molar-refractivity contribution is 5.87. The number of rotatable bonds is 2. The maximum absolute atomic E-state index is 12.6. The number of fused-ring (bicyclic) bond motifs is 1. The molecule has 1 aromatic carbocycles. The van der Waals surface area contributed by atoms with Gasteiger partial charge in [0.2, 0.25) is 5.91 Å². The Kier molecular flexibility index (Phi) is 4.86. The average molecular weight is 373 g/mol. The zero-order valence-electron chi connectivity index (χ0n) is 15.7. The van der Waals surface area contributed by atoms with Crippen LogP contribution in [-0.2, 0) is 4.79 Å². The first-order valence-corrected chi connectivity index (χ1v) is 8.88. The lowest BCUT2D eigenvalue weighted by Crippen LogP contribution is -2.41. The third-order valence-electron chi connectivity index (χ3n) is 4.70. The Morgan fingerprint density at radius 2 is 1.96 bits per heavy atom. The average Bonchev–Trinajstić information content (AvgIpc) is 2.85. The third kappa shape index (κ3) is 3.76. The van der Waals surface area contributed by atoms with Gasteiger partial charge in [-0.25, -0.2) is 4.98 Å². The summed E-state index contributed by atoms with van der Waals surface area (Å²) in [6.07, 6.45) is 1.99. The Morgan fingerprint density at radius 3 is 2.63 bits per heavy atom. The molecule has 3 rings (SSSR count). The molecule has 0 aliphatic carbocycles. The van der Waals surface area contributed by atoms with E-state index in [0.717, 1.165) is 0 Å². The van der Waals surface area contributed by atoms with Gasteiger partial charge in [-0.1, -0.05) is 20.8 Å². The van der Waals surface area contributed by atoms with E-state index in [9.17, 15) is 19.7 Å². The highest BCUT2D eigenvalue weighted by atomic mass is 16.6. The predicted molar refractivity (Wildman–Crippen MR) is 102 cm³/mol. The molecule has 0 spiro atoms. The Bertz CT molecular complexity index is 947.